The molecule has 0 saturated carbocycles. The van der Waals surface area contributed by atoms with Gasteiger partial charge in [0.2, 0.25) is 0 Å². The van der Waals surface area contributed by atoms with Gasteiger partial charge in [-0.1, -0.05) is 37.3 Å². The first-order chi connectivity index (χ1) is 8.64. The summed E-state index contributed by atoms with van der Waals surface area (Å²) in [5.41, 5.74) is 0.210. The first-order valence-corrected chi connectivity index (χ1v) is 8.78. The largest absolute Gasteiger partial charge is 0.394 e. The van der Waals surface area contributed by atoms with Crippen molar-refractivity contribution in [1.82, 2.24) is 0 Å². The monoisotopic (exact) mass is 266 g/mol. The highest BCUT2D eigenvalue weighted by atomic mass is 28.4. The lowest BCUT2D eigenvalue weighted by Gasteiger charge is -2.42. The van der Waals surface area contributed by atoms with Crippen molar-refractivity contribution >= 4 is 13.7 Å². The standard InChI is InChI=1S/C14H22O3Si/c1-4-14(10-16-11-14)12-17-18(3,15-2)13-8-6-5-7-9-13/h5-9H,4,10-12H2,1-3H3. The number of hydrogen-bond acceptors (Lipinski definition) is 3. The highest BCUT2D eigenvalue weighted by molar-refractivity contribution is 6.79. The minimum atomic E-state index is -2.26. The molecule has 1 aromatic carbocycles. The predicted molar refractivity (Wildman–Crippen MR) is 74.2 cm³/mol. The molecular formula is C14H22O3Si. The molecule has 1 aromatic rings. The van der Waals surface area contributed by atoms with E-state index in [0.29, 0.717) is 0 Å². The lowest BCUT2D eigenvalue weighted by Crippen LogP contribution is -2.55. The Morgan fingerprint density at radius 3 is 2.39 bits per heavy atom. The van der Waals surface area contributed by atoms with Crippen molar-refractivity contribution in [3.8, 4) is 0 Å². The summed E-state index contributed by atoms with van der Waals surface area (Å²) >= 11 is 0. The Labute approximate surface area is 110 Å². The summed E-state index contributed by atoms with van der Waals surface area (Å²) < 4.78 is 17.2. The number of ether oxygens (including phenoxy) is 1. The Morgan fingerprint density at radius 1 is 1.28 bits per heavy atom. The molecule has 0 radical (unpaired) electrons. The Morgan fingerprint density at radius 2 is 1.94 bits per heavy atom. The van der Waals surface area contributed by atoms with Crippen LogP contribution in [0.5, 0.6) is 0 Å². The van der Waals surface area contributed by atoms with Gasteiger partial charge in [-0.15, -0.1) is 0 Å². The molecule has 1 aliphatic heterocycles. The van der Waals surface area contributed by atoms with E-state index >= 15 is 0 Å². The fourth-order valence-electron chi connectivity index (χ4n) is 2.07. The van der Waals surface area contributed by atoms with Crippen LogP contribution in [0, 0.1) is 5.41 Å². The minimum absolute atomic E-state index is 0.210. The fraction of sp³-hybridized carbons (Fsp3) is 0.571. The third kappa shape index (κ3) is 2.67. The zero-order chi connectivity index (χ0) is 13.1. The van der Waals surface area contributed by atoms with Crippen LogP contribution >= 0.6 is 0 Å². The van der Waals surface area contributed by atoms with Crippen molar-refractivity contribution < 1.29 is 13.6 Å². The van der Waals surface area contributed by atoms with E-state index in [1.54, 1.807) is 7.11 Å². The smallest absolute Gasteiger partial charge is 0.369 e. The molecule has 1 fully saturated rings. The molecule has 0 N–H and O–H groups in total. The molecule has 0 aromatic heterocycles. The average molecular weight is 266 g/mol. The van der Waals surface area contributed by atoms with Crippen LogP contribution in [0.4, 0.5) is 0 Å². The van der Waals surface area contributed by atoms with Crippen molar-refractivity contribution in [2.24, 2.45) is 5.41 Å². The molecule has 1 heterocycles. The summed E-state index contributed by atoms with van der Waals surface area (Å²) in [4.78, 5) is 0. The first-order valence-electron chi connectivity index (χ1n) is 6.46. The maximum absolute atomic E-state index is 6.20. The number of hydrogen-bond donors (Lipinski definition) is 0. The maximum atomic E-state index is 6.20. The summed E-state index contributed by atoms with van der Waals surface area (Å²) in [6.07, 6.45) is 1.09. The van der Waals surface area contributed by atoms with Gasteiger partial charge in [0.05, 0.1) is 13.2 Å². The maximum Gasteiger partial charge on any atom is 0.369 e. The second-order valence-electron chi connectivity index (χ2n) is 5.15. The summed E-state index contributed by atoms with van der Waals surface area (Å²) in [5, 5.41) is 1.18. The molecule has 4 heteroatoms. The van der Waals surface area contributed by atoms with E-state index in [1.807, 2.05) is 18.2 Å². The van der Waals surface area contributed by atoms with Gasteiger partial charge in [-0.05, 0) is 18.2 Å². The second kappa shape index (κ2) is 5.53. The van der Waals surface area contributed by atoms with Crippen molar-refractivity contribution in [2.45, 2.75) is 19.9 Å². The van der Waals surface area contributed by atoms with Gasteiger partial charge >= 0.3 is 8.56 Å². The van der Waals surface area contributed by atoms with E-state index in [-0.39, 0.29) is 5.41 Å². The van der Waals surface area contributed by atoms with Crippen LogP contribution in [0.3, 0.4) is 0 Å². The second-order valence-corrected chi connectivity index (χ2v) is 8.32. The minimum Gasteiger partial charge on any atom is -0.394 e. The van der Waals surface area contributed by atoms with Gasteiger partial charge in [0.1, 0.15) is 0 Å². The molecule has 2 rings (SSSR count). The summed E-state index contributed by atoms with van der Waals surface area (Å²) in [6.45, 7) is 6.65. The molecule has 18 heavy (non-hydrogen) atoms. The quantitative estimate of drug-likeness (QED) is 0.738. The molecule has 0 aliphatic carbocycles. The normalized spacial score (nSPS) is 21.1. The number of benzene rings is 1. The molecule has 1 saturated heterocycles. The van der Waals surface area contributed by atoms with Crippen molar-refractivity contribution in [1.29, 1.82) is 0 Å². The molecule has 0 bridgehead atoms. The summed E-state index contributed by atoms with van der Waals surface area (Å²) in [6, 6.07) is 10.3. The van der Waals surface area contributed by atoms with Crippen LogP contribution in [0.15, 0.2) is 30.3 Å². The van der Waals surface area contributed by atoms with E-state index in [9.17, 15) is 0 Å². The van der Waals surface area contributed by atoms with Crippen LogP contribution < -0.4 is 5.19 Å². The SMILES string of the molecule is CCC1(CO[Si](C)(OC)c2ccccc2)COC1. The molecule has 1 aliphatic rings. The zero-order valence-corrected chi connectivity index (χ0v) is 12.4. The molecule has 1 unspecified atom stereocenters. The van der Waals surface area contributed by atoms with Gasteiger partial charge in [0, 0.05) is 19.1 Å². The van der Waals surface area contributed by atoms with Gasteiger partial charge in [0.15, 0.2) is 0 Å². The van der Waals surface area contributed by atoms with Crippen LogP contribution in [-0.2, 0) is 13.6 Å². The molecule has 1 atom stereocenters. The molecule has 100 valence electrons. The summed E-state index contributed by atoms with van der Waals surface area (Å²) in [7, 11) is -0.518. The lowest BCUT2D eigenvalue weighted by atomic mass is 9.84. The van der Waals surface area contributed by atoms with Gasteiger partial charge in [-0.3, -0.25) is 0 Å². The lowest BCUT2D eigenvalue weighted by molar-refractivity contribution is -0.136. The third-order valence-corrected chi connectivity index (χ3v) is 6.76. The molecule has 3 nitrogen and oxygen atoms in total. The Hall–Kier alpha value is -0.683. The third-order valence-electron chi connectivity index (χ3n) is 3.91. The molecule has 0 spiro atoms. The van der Waals surface area contributed by atoms with Crippen LogP contribution in [0.25, 0.3) is 0 Å². The van der Waals surface area contributed by atoms with Crippen LogP contribution in [0.2, 0.25) is 6.55 Å². The summed E-state index contributed by atoms with van der Waals surface area (Å²) in [5.74, 6) is 0. The van der Waals surface area contributed by atoms with Crippen molar-refractivity contribution in [3.05, 3.63) is 30.3 Å². The predicted octanol–water partition coefficient (Wildman–Crippen LogP) is 2.06. The van der Waals surface area contributed by atoms with E-state index in [4.69, 9.17) is 13.6 Å². The molecule has 0 amide bonds. The van der Waals surface area contributed by atoms with Crippen molar-refractivity contribution in [2.75, 3.05) is 26.9 Å². The van der Waals surface area contributed by atoms with Gasteiger partial charge in [-0.2, -0.15) is 0 Å². The van der Waals surface area contributed by atoms with E-state index in [1.165, 1.54) is 5.19 Å². The topological polar surface area (TPSA) is 27.7 Å². The van der Waals surface area contributed by atoms with Crippen LogP contribution in [-0.4, -0.2) is 35.5 Å². The highest BCUT2D eigenvalue weighted by Crippen LogP contribution is 2.32. The molecular weight excluding hydrogens is 244 g/mol. The Balaban J connectivity index is 2.04. The van der Waals surface area contributed by atoms with E-state index in [0.717, 1.165) is 26.2 Å². The van der Waals surface area contributed by atoms with Gasteiger partial charge in [0.25, 0.3) is 0 Å². The van der Waals surface area contributed by atoms with E-state index in [2.05, 4.69) is 25.6 Å². The Bertz CT molecular complexity index is 372. The average Bonchev–Trinajstić information content (AvgIpc) is 2.39. The van der Waals surface area contributed by atoms with Crippen molar-refractivity contribution in [3.63, 3.8) is 0 Å². The van der Waals surface area contributed by atoms with Gasteiger partial charge < -0.3 is 13.6 Å². The van der Waals surface area contributed by atoms with E-state index < -0.39 is 8.56 Å². The van der Waals surface area contributed by atoms with Gasteiger partial charge in [-0.25, -0.2) is 0 Å². The first kappa shape index (κ1) is 13.7. The number of rotatable bonds is 6. The fourth-order valence-corrected chi connectivity index (χ4v) is 3.97. The Kier molecular flexibility index (Phi) is 4.22. The zero-order valence-electron chi connectivity index (χ0n) is 11.4. The highest BCUT2D eigenvalue weighted by Gasteiger charge is 2.41. The van der Waals surface area contributed by atoms with Crippen LogP contribution in [0.1, 0.15) is 13.3 Å².